The molecule has 30 unspecified atom stereocenters. The van der Waals surface area contributed by atoms with E-state index in [1.54, 1.807) is 0 Å². The lowest BCUT2D eigenvalue weighted by molar-refractivity contribution is -0.358. The highest BCUT2D eigenvalue weighted by Gasteiger charge is 2.55. The third-order valence-electron chi connectivity index (χ3n) is 20.7. The van der Waals surface area contributed by atoms with Crippen molar-refractivity contribution >= 4 is 36.1 Å². The van der Waals surface area contributed by atoms with Crippen molar-refractivity contribution in [1.29, 1.82) is 0 Å². The molecule has 0 saturated carbocycles. The maximum Gasteiger partial charge on any atom is 0.331 e. The maximum atomic E-state index is 13.9. The van der Waals surface area contributed by atoms with Gasteiger partial charge < -0.3 is 203 Å². The Morgan fingerprint density at radius 1 is 0.347 bits per heavy atom. The van der Waals surface area contributed by atoms with E-state index in [0.29, 0.717) is 0 Å². The van der Waals surface area contributed by atoms with Crippen LogP contribution in [0.4, 0.5) is 0 Å². The zero-order valence-electron chi connectivity index (χ0n) is 64.5. The molecule has 0 spiro atoms. The average Bonchev–Trinajstić information content (AvgIpc) is 0.756. The van der Waals surface area contributed by atoms with Crippen LogP contribution in [0.15, 0.2) is 118 Å². The topological polar surface area (TPSA) is 715 Å². The molecule has 0 radical (unpaired) electrons. The van der Waals surface area contributed by atoms with Crippen molar-refractivity contribution in [3.63, 3.8) is 0 Å². The number of rotatable bonds is 29. The number of hydrogen-bond donors (Lipinski definition) is 24. The smallest absolute Gasteiger partial charge is 0.331 e. The van der Waals surface area contributed by atoms with E-state index in [1.165, 1.54) is 37.4 Å². The van der Waals surface area contributed by atoms with Gasteiger partial charge in [0, 0.05) is 35.9 Å². The number of methoxy groups -OCH3 is 1. The zero-order chi connectivity index (χ0) is 89.6. The fourth-order valence-electron chi connectivity index (χ4n) is 13.7. The van der Waals surface area contributed by atoms with Gasteiger partial charge in [0.05, 0.1) is 45.7 Å². The molecule has 4 aromatic carbocycles. The second kappa shape index (κ2) is 40.4. The molecule has 0 amide bonds. The van der Waals surface area contributed by atoms with Crippen molar-refractivity contribution in [3.05, 3.63) is 136 Å². The summed E-state index contributed by atoms with van der Waals surface area (Å²) in [6.07, 6.45) is -52.1. The highest BCUT2D eigenvalue weighted by atomic mass is 16.8. The first kappa shape index (κ1) is 93.0. The molecule has 30 atom stereocenters. The van der Waals surface area contributed by atoms with Crippen LogP contribution in [0.2, 0.25) is 0 Å². The van der Waals surface area contributed by atoms with Gasteiger partial charge in [-0.15, -0.1) is 0 Å². The summed E-state index contributed by atoms with van der Waals surface area (Å²) >= 11 is 0. The lowest BCUT2D eigenvalue weighted by Crippen LogP contribution is -2.65. The van der Waals surface area contributed by atoms with E-state index in [0.717, 1.165) is 97.1 Å². The van der Waals surface area contributed by atoms with Crippen LogP contribution in [-0.4, -0.2) is 371 Å². The highest BCUT2D eigenvalue weighted by Crippen LogP contribution is 2.46. The molecule has 7 aliphatic heterocycles. The minimum Gasteiger partial charge on any atom is -0.504 e. The normalized spacial score (nSPS) is 34.0. The fraction of sp³-hybridized carbons (Fsp3) is 0.468. The number of hydrogen-bond acceptors (Lipinski definition) is 45. The maximum absolute atomic E-state index is 13.9. The molecule has 8 aliphatic rings. The molecular formula is C79H90O45. The summed E-state index contributed by atoms with van der Waals surface area (Å²) in [5, 5.41) is 257. The zero-order valence-corrected chi connectivity index (χ0v) is 64.5. The van der Waals surface area contributed by atoms with E-state index in [4.69, 9.17) is 80.2 Å². The molecule has 124 heavy (non-hydrogen) atoms. The first-order valence-electron chi connectivity index (χ1n) is 37.9. The summed E-state index contributed by atoms with van der Waals surface area (Å²) in [5.41, 5.74) is -0.946. The highest BCUT2D eigenvalue weighted by molar-refractivity contribution is 5.89. The summed E-state index contributed by atoms with van der Waals surface area (Å²) in [6, 6.07) is 16.9. The Bertz CT molecular complexity index is 4760. The number of aromatic hydroxyl groups is 4. The van der Waals surface area contributed by atoms with Gasteiger partial charge in [0.15, 0.2) is 87.5 Å². The lowest BCUT2D eigenvalue weighted by atomic mass is 9.97. The van der Waals surface area contributed by atoms with Crippen LogP contribution in [0.1, 0.15) is 16.7 Å². The molecule has 6 saturated heterocycles. The van der Waals surface area contributed by atoms with Crippen LogP contribution in [0.5, 0.6) is 57.5 Å². The number of benzene rings is 5. The van der Waals surface area contributed by atoms with Crippen LogP contribution in [0.3, 0.4) is 0 Å². The number of esters is 3. The monoisotopic (exact) mass is 1760 g/mol. The van der Waals surface area contributed by atoms with Crippen molar-refractivity contribution in [2.45, 2.75) is 184 Å². The minimum atomic E-state index is -2.39. The van der Waals surface area contributed by atoms with E-state index in [9.17, 15) is 142 Å². The fourth-order valence-corrected chi connectivity index (χ4v) is 13.7. The van der Waals surface area contributed by atoms with Gasteiger partial charge in [0.2, 0.25) is 31.5 Å². The molecule has 6 fully saturated rings. The summed E-state index contributed by atoms with van der Waals surface area (Å²) in [5.74, 6) is -9.25. The Morgan fingerprint density at radius 2 is 0.726 bits per heavy atom. The third kappa shape index (κ3) is 20.7. The van der Waals surface area contributed by atoms with Gasteiger partial charge in [0.1, 0.15) is 146 Å². The first-order valence-corrected chi connectivity index (χ1v) is 37.9. The van der Waals surface area contributed by atoms with Gasteiger partial charge >= 0.3 is 17.9 Å². The molecule has 24 N–H and O–H groups in total. The van der Waals surface area contributed by atoms with Gasteiger partial charge in [-0.3, -0.25) is 4.79 Å². The van der Waals surface area contributed by atoms with E-state index < -0.39 is 299 Å². The third-order valence-corrected chi connectivity index (χ3v) is 20.7. The Labute approximate surface area is 698 Å². The summed E-state index contributed by atoms with van der Waals surface area (Å²) in [4.78, 5) is 54.5. The van der Waals surface area contributed by atoms with Crippen molar-refractivity contribution in [1.82, 2.24) is 0 Å². The van der Waals surface area contributed by atoms with Crippen LogP contribution >= 0.6 is 0 Å². The van der Waals surface area contributed by atoms with Crippen molar-refractivity contribution < 1.29 is 217 Å². The second-order valence-corrected chi connectivity index (χ2v) is 29.0. The summed E-state index contributed by atoms with van der Waals surface area (Å²) in [6.45, 7) is -5.55. The number of phenolic OH excluding ortho intramolecular Hbond substituents is 4. The molecule has 4 aromatic rings. The standard InChI is InChI=1S/C79H90O45/c1-108-42-19-32(8-11-35(42)86)70-45(22-34-40(110-70)20-33(85)21-41(34)112-74-67(105)61(99)55(93)46(23-80)116-74)115-78-73(124-79-72(65(103)59(97)50(27-84)120-79)123-54(92)15-7-31-3-10-37(88)44(18-31)114-76-69(107)63(101)57(95)48(25-82)118-76)66(104)60(98)51(121-78)28-109-52(90)13-5-29-4-12-39(38(89)16-29)111-77-71(64(102)58(96)49(26-83)119-77)122-53(91)14-6-30-2-9-36(87)43(17-30)113-75-68(106)62(100)56(94)47(24-81)117-75/h2-22,46-51,55-69,71-84,86-89,93-107H,23-28H2,1H3. The molecule has 45 heteroatoms. The molecule has 0 bridgehead atoms. The Morgan fingerprint density at radius 3 is 1.21 bits per heavy atom. The number of carbonyl (C=O) groups excluding carboxylic acids is 3. The number of aliphatic hydroxyl groups is 20. The number of carbonyl (C=O) groups is 3. The molecule has 7 heterocycles. The van der Waals surface area contributed by atoms with Crippen LogP contribution in [0, 0.1) is 0 Å². The van der Waals surface area contributed by atoms with E-state index in [-0.39, 0.29) is 45.1 Å². The number of phenols is 4. The minimum absolute atomic E-state index is 0.0214. The van der Waals surface area contributed by atoms with Crippen molar-refractivity contribution in [2.24, 2.45) is 0 Å². The Kier molecular flexibility index (Phi) is 30.3. The van der Waals surface area contributed by atoms with Gasteiger partial charge in [-0.1, -0.05) is 18.2 Å². The second-order valence-electron chi connectivity index (χ2n) is 29.0. The average molecular weight is 1760 g/mol. The van der Waals surface area contributed by atoms with Crippen molar-refractivity contribution in [2.75, 3.05) is 46.8 Å². The molecule has 1 aliphatic carbocycles. The van der Waals surface area contributed by atoms with Gasteiger partial charge in [0.25, 0.3) is 0 Å². The van der Waals surface area contributed by atoms with Gasteiger partial charge in [-0.05, 0) is 95.6 Å². The first-order chi connectivity index (χ1) is 59.1. The Balaban J connectivity index is 0.799. The SMILES string of the molecule is COc1cc(-c2oc3cc(=O)cc(OC4OC(CO)C(O)C(O)C4O)c-3cc2OC2OC(COC(=O)C=Cc3ccc(OC4OC(CO)C(O)C(O)C4OC(=O)C=Cc4ccc(O)c(OC5OC(CO)C(O)C(O)C5O)c4)c(O)c3)C(O)C(O)C2OC2OC(CO)C(O)C(O)C2OC(=O)C=Cc2ccc(O)c(OC3OC(CO)C(O)C(O)C3O)c2)ccc1O. The molecule has 12 rings (SSSR count). The number of aliphatic hydroxyl groups excluding tert-OH is 20. The summed E-state index contributed by atoms with van der Waals surface area (Å²) in [7, 11) is 1.19. The van der Waals surface area contributed by atoms with Gasteiger partial charge in [-0.25, -0.2) is 14.4 Å². The number of fused-ring (bicyclic) bond motifs is 1. The Hall–Kier alpha value is -10.1. The van der Waals surface area contributed by atoms with Crippen LogP contribution in [0.25, 0.3) is 40.9 Å². The molecule has 45 nitrogen and oxygen atoms in total. The number of ether oxygens (including phenoxy) is 16. The van der Waals surface area contributed by atoms with Gasteiger partial charge in [-0.2, -0.15) is 0 Å². The molecule has 676 valence electrons. The van der Waals surface area contributed by atoms with Crippen molar-refractivity contribution in [3.8, 4) is 80.1 Å². The van der Waals surface area contributed by atoms with E-state index in [1.807, 2.05) is 0 Å². The van der Waals surface area contributed by atoms with Crippen LogP contribution in [-0.2, 0) is 61.8 Å². The van der Waals surface area contributed by atoms with E-state index in [2.05, 4.69) is 0 Å². The molecule has 0 aromatic heterocycles. The lowest BCUT2D eigenvalue weighted by Gasteiger charge is -2.46. The quantitative estimate of drug-likeness (QED) is 0.0118. The largest absolute Gasteiger partial charge is 0.504 e. The predicted molar refractivity (Wildman–Crippen MR) is 403 cm³/mol. The van der Waals surface area contributed by atoms with Crippen LogP contribution < -0.4 is 33.8 Å². The molecular weight excluding hydrogens is 1670 g/mol. The van der Waals surface area contributed by atoms with E-state index >= 15 is 0 Å². The predicted octanol–water partition coefficient (Wildman–Crippen LogP) is -7.25. The summed E-state index contributed by atoms with van der Waals surface area (Å²) < 4.78 is 98.1.